The van der Waals surface area contributed by atoms with Crippen molar-refractivity contribution in [3.05, 3.63) is 24.0 Å². The lowest BCUT2D eigenvalue weighted by atomic mass is 9.93. The number of rotatable bonds is 6. The third kappa shape index (κ3) is 7.02. The van der Waals surface area contributed by atoms with Gasteiger partial charge >= 0.3 is 0 Å². The molecule has 0 aliphatic carbocycles. The second-order valence-corrected chi connectivity index (χ2v) is 7.60. The minimum atomic E-state index is -3.58. The van der Waals surface area contributed by atoms with Crippen LogP contribution in [0.3, 0.4) is 0 Å². The molecule has 0 bridgehead atoms. The van der Waals surface area contributed by atoms with E-state index >= 15 is 0 Å². The first kappa shape index (κ1) is 20.7. The fourth-order valence-corrected chi connectivity index (χ4v) is 3.17. The fourth-order valence-electron chi connectivity index (χ4n) is 2.61. The maximum absolute atomic E-state index is 13.6. The monoisotopic (exact) mass is 379 g/mol. The number of halogens is 2. The highest BCUT2D eigenvalue weighted by Gasteiger charge is 2.15. The number of sulfonamides is 1. The van der Waals surface area contributed by atoms with E-state index in [0.29, 0.717) is 18.0 Å². The van der Waals surface area contributed by atoms with Crippen LogP contribution in [0.2, 0.25) is 0 Å². The first-order valence-electron chi connectivity index (χ1n) is 7.61. The van der Waals surface area contributed by atoms with E-state index in [1.54, 1.807) is 0 Å². The second-order valence-electron chi connectivity index (χ2n) is 5.85. The fraction of sp³-hybridized carbons (Fsp3) is 0.533. The molecule has 0 atom stereocenters. The Bertz CT molecular complexity index is 664. The molecule has 1 fully saturated rings. The Kier molecular flexibility index (Phi) is 7.92. The first-order valence-corrected chi connectivity index (χ1v) is 9.50. The molecule has 2 rings (SSSR count). The Morgan fingerprint density at radius 3 is 2.62 bits per heavy atom. The van der Waals surface area contributed by atoms with E-state index in [1.165, 1.54) is 12.1 Å². The first-order chi connectivity index (χ1) is 10.8. The molecule has 1 aliphatic rings. The third-order valence-electron chi connectivity index (χ3n) is 3.78. The van der Waals surface area contributed by atoms with Crippen LogP contribution in [0, 0.1) is 11.7 Å². The molecular formula is C15H23ClFN3O3S. The van der Waals surface area contributed by atoms with Gasteiger partial charge in [-0.2, -0.15) is 0 Å². The molecule has 1 amide bonds. The zero-order chi connectivity index (χ0) is 16.9. The van der Waals surface area contributed by atoms with Crippen LogP contribution in [0.4, 0.5) is 15.8 Å². The Hall–Kier alpha value is -1.38. The van der Waals surface area contributed by atoms with Gasteiger partial charge in [0.05, 0.1) is 11.9 Å². The van der Waals surface area contributed by atoms with E-state index in [1.807, 2.05) is 0 Å². The summed E-state index contributed by atoms with van der Waals surface area (Å²) in [5.41, 5.74) is 0.191. The molecule has 1 aliphatic heterocycles. The maximum atomic E-state index is 13.6. The zero-order valence-corrected chi connectivity index (χ0v) is 15.1. The number of nitrogens with one attached hydrogen (secondary N) is 3. The third-order valence-corrected chi connectivity index (χ3v) is 4.37. The number of hydrogen-bond donors (Lipinski definition) is 3. The summed E-state index contributed by atoms with van der Waals surface area (Å²) >= 11 is 0. The lowest BCUT2D eigenvalue weighted by Crippen LogP contribution is -2.28. The van der Waals surface area contributed by atoms with Gasteiger partial charge in [-0.05, 0) is 56.5 Å². The Morgan fingerprint density at radius 2 is 2.00 bits per heavy atom. The van der Waals surface area contributed by atoms with E-state index in [4.69, 9.17) is 0 Å². The van der Waals surface area contributed by atoms with Gasteiger partial charge < -0.3 is 10.6 Å². The zero-order valence-electron chi connectivity index (χ0n) is 13.5. The largest absolute Gasteiger partial charge is 0.326 e. The van der Waals surface area contributed by atoms with Gasteiger partial charge in [0.1, 0.15) is 5.82 Å². The highest BCUT2D eigenvalue weighted by molar-refractivity contribution is 7.92. The van der Waals surface area contributed by atoms with Gasteiger partial charge in [0.15, 0.2) is 0 Å². The maximum Gasteiger partial charge on any atom is 0.229 e. The highest BCUT2D eigenvalue weighted by Crippen LogP contribution is 2.22. The van der Waals surface area contributed by atoms with Crippen molar-refractivity contribution in [1.82, 2.24) is 5.32 Å². The van der Waals surface area contributed by atoms with Gasteiger partial charge in [-0.3, -0.25) is 9.52 Å². The summed E-state index contributed by atoms with van der Waals surface area (Å²) in [4.78, 5) is 12.0. The molecule has 9 heteroatoms. The molecule has 6 nitrogen and oxygen atoms in total. The van der Waals surface area contributed by atoms with Gasteiger partial charge in [-0.25, -0.2) is 12.8 Å². The number of piperidine rings is 1. The van der Waals surface area contributed by atoms with Crippen molar-refractivity contribution in [2.75, 3.05) is 29.4 Å². The Labute approximate surface area is 148 Å². The lowest BCUT2D eigenvalue weighted by molar-refractivity contribution is -0.116. The number of benzene rings is 1. The predicted octanol–water partition coefficient (Wildman–Crippen LogP) is 2.34. The molecule has 1 aromatic carbocycles. The predicted molar refractivity (Wildman–Crippen MR) is 95.6 cm³/mol. The Morgan fingerprint density at radius 1 is 1.33 bits per heavy atom. The van der Waals surface area contributed by atoms with Gasteiger partial charge in [0.2, 0.25) is 15.9 Å². The van der Waals surface area contributed by atoms with Crippen molar-refractivity contribution in [2.24, 2.45) is 5.92 Å². The molecule has 0 spiro atoms. The number of carbonyl (C=O) groups is 1. The van der Waals surface area contributed by atoms with Crippen LogP contribution in [0.25, 0.3) is 0 Å². The van der Waals surface area contributed by atoms with Crippen molar-refractivity contribution in [3.63, 3.8) is 0 Å². The van der Waals surface area contributed by atoms with Crippen molar-refractivity contribution in [3.8, 4) is 0 Å². The number of amides is 1. The Balaban J connectivity index is 0.00000288. The number of anilines is 2. The van der Waals surface area contributed by atoms with Gasteiger partial charge in [-0.15, -0.1) is 12.4 Å². The van der Waals surface area contributed by atoms with Gasteiger partial charge in [0.25, 0.3) is 0 Å². The smallest absolute Gasteiger partial charge is 0.229 e. The van der Waals surface area contributed by atoms with E-state index in [2.05, 4.69) is 15.4 Å². The summed E-state index contributed by atoms with van der Waals surface area (Å²) in [7, 11) is -3.58. The molecule has 0 unspecified atom stereocenters. The summed E-state index contributed by atoms with van der Waals surface area (Å²) in [5.74, 6) is -0.291. The van der Waals surface area contributed by atoms with Crippen molar-refractivity contribution in [2.45, 2.75) is 25.7 Å². The molecule has 1 saturated heterocycles. The molecular weight excluding hydrogens is 357 g/mol. The molecule has 0 aromatic heterocycles. The van der Waals surface area contributed by atoms with Gasteiger partial charge in [0, 0.05) is 12.1 Å². The van der Waals surface area contributed by atoms with Crippen LogP contribution in [-0.2, 0) is 14.8 Å². The molecule has 0 saturated carbocycles. The summed E-state index contributed by atoms with van der Waals surface area (Å²) in [5, 5.41) is 5.96. The number of carbonyl (C=O) groups excluding carboxylic acids is 1. The molecule has 1 heterocycles. The second kappa shape index (κ2) is 9.19. The SMILES string of the molecule is CS(=O)(=O)Nc1cc(NC(=O)CCC2CCNCC2)ccc1F.Cl. The molecule has 136 valence electrons. The van der Waals surface area contributed by atoms with Crippen molar-refractivity contribution < 1.29 is 17.6 Å². The topological polar surface area (TPSA) is 87.3 Å². The minimum absolute atomic E-state index is 0. The van der Waals surface area contributed by atoms with Crippen molar-refractivity contribution >= 4 is 39.7 Å². The van der Waals surface area contributed by atoms with Crippen LogP contribution < -0.4 is 15.4 Å². The molecule has 24 heavy (non-hydrogen) atoms. The normalized spacial score (nSPS) is 15.4. The standard InChI is InChI=1S/C15H22FN3O3S.ClH/c1-23(21,22)19-14-10-12(3-4-13(14)16)18-15(20)5-2-11-6-8-17-9-7-11;/h3-4,10-11,17,19H,2,5-9H2,1H3,(H,18,20);1H. The molecule has 0 radical (unpaired) electrons. The summed E-state index contributed by atoms with van der Waals surface area (Å²) in [6.07, 6.45) is 4.31. The molecule has 3 N–H and O–H groups in total. The van der Waals surface area contributed by atoms with Crippen LogP contribution in [0.5, 0.6) is 0 Å². The summed E-state index contributed by atoms with van der Waals surface area (Å²) in [6.45, 7) is 1.98. The van der Waals surface area contributed by atoms with Crippen LogP contribution in [-0.4, -0.2) is 33.7 Å². The van der Waals surface area contributed by atoms with E-state index < -0.39 is 15.8 Å². The summed E-state index contributed by atoms with van der Waals surface area (Å²) < 4.78 is 38.1. The van der Waals surface area contributed by atoms with Gasteiger partial charge in [-0.1, -0.05) is 0 Å². The number of hydrogen-bond acceptors (Lipinski definition) is 4. The van der Waals surface area contributed by atoms with Crippen LogP contribution in [0.1, 0.15) is 25.7 Å². The van der Waals surface area contributed by atoms with Crippen LogP contribution in [0.15, 0.2) is 18.2 Å². The highest BCUT2D eigenvalue weighted by atomic mass is 35.5. The van der Waals surface area contributed by atoms with Crippen molar-refractivity contribution in [1.29, 1.82) is 0 Å². The van der Waals surface area contributed by atoms with E-state index in [0.717, 1.165) is 44.7 Å². The average molecular weight is 380 g/mol. The van der Waals surface area contributed by atoms with E-state index in [9.17, 15) is 17.6 Å². The van der Waals surface area contributed by atoms with E-state index in [-0.39, 0.29) is 24.0 Å². The average Bonchev–Trinajstić information content (AvgIpc) is 2.48. The van der Waals surface area contributed by atoms with Crippen LogP contribution >= 0.6 is 12.4 Å². The summed E-state index contributed by atoms with van der Waals surface area (Å²) in [6, 6.07) is 3.81. The minimum Gasteiger partial charge on any atom is -0.326 e. The lowest BCUT2D eigenvalue weighted by Gasteiger charge is -2.22. The quantitative estimate of drug-likeness (QED) is 0.708. The molecule has 1 aromatic rings.